The normalized spacial score (nSPS) is 16.6. The Kier molecular flexibility index (Phi) is 5.29. The number of aromatic hydroxyl groups is 1. The molecule has 0 radical (unpaired) electrons. The monoisotopic (exact) mass is 338 g/mol. The Hall–Kier alpha value is -2.88. The van der Waals surface area contributed by atoms with E-state index in [1.807, 2.05) is 50.3 Å². The molecule has 0 saturated carbocycles. The maximum atomic E-state index is 9.70. The fraction of sp³-hybridized carbons (Fsp3) is 0.238. The summed E-state index contributed by atoms with van der Waals surface area (Å²) in [6.45, 7) is 3.80. The van der Waals surface area contributed by atoms with Gasteiger partial charge in [-0.3, -0.25) is 0 Å². The van der Waals surface area contributed by atoms with Gasteiger partial charge in [0.2, 0.25) is 0 Å². The van der Waals surface area contributed by atoms with E-state index in [4.69, 9.17) is 14.2 Å². The van der Waals surface area contributed by atoms with E-state index in [2.05, 4.69) is 0 Å². The molecule has 4 nitrogen and oxygen atoms in total. The largest absolute Gasteiger partial charge is 0.508 e. The Labute approximate surface area is 148 Å². The highest BCUT2D eigenvalue weighted by Gasteiger charge is 2.24. The van der Waals surface area contributed by atoms with Crippen molar-refractivity contribution in [1.82, 2.24) is 0 Å². The van der Waals surface area contributed by atoms with Crippen LogP contribution in [0, 0.1) is 0 Å². The lowest BCUT2D eigenvalue weighted by Gasteiger charge is -2.27. The van der Waals surface area contributed by atoms with Crippen LogP contribution in [0.4, 0.5) is 0 Å². The lowest BCUT2D eigenvalue weighted by Crippen LogP contribution is -2.15. The molecule has 25 heavy (non-hydrogen) atoms. The van der Waals surface area contributed by atoms with Crippen molar-refractivity contribution in [2.45, 2.75) is 32.8 Å². The molecule has 0 fully saturated rings. The van der Waals surface area contributed by atoms with Crippen molar-refractivity contribution in [1.29, 1.82) is 0 Å². The average molecular weight is 338 g/mol. The number of hydrogen-bond donors (Lipinski definition) is 1. The first-order valence-electron chi connectivity index (χ1n) is 8.39. The minimum Gasteiger partial charge on any atom is -0.508 e. The van der Waals surface area contributed by atoms with Crippen LogP contribution in [-0.4, -0.2) is 5.11 Å². The summed E-state index contributed by atoms with van der Waals surface area (Å²) in [5, 5.41) is 9.70. The van der Waals surface area contributed by atoms with E-state index in [0.29, 0.717) is 11.5 Å². The van der Waals surface area contributed by atoms with Crippen LogP contribution in [0.15, 0.2) is 61.1 Å². The molecule has 0 bridgehead atoms. The smallest absolute Gasteiger partial charge is 0.137 e. The molecule has 1 unspecified atom stereocenters. The number of phenolic OH excluding ortho intramolecular Hbond substituents is 1. The third kappa shape index (κ3) is 3.97. The van der Waals surface area contributed by atoms with E-state index in [1.54, 1.807) is 24.7 Å². The molecule has 1 heterocycles. The zero-order chi connectivity index (χ0) is 17.6. The first-order chi connectivity index (χ1) is 12.2. The molecule has 0 spiro atoms. The SMILES string of the molecule is CC=COc1ccc(C2CCc3ccc(O)cc3O2)c(OC=CC)c1. The van der Waals surface area contributed by atoms with Crippen LogP contribution in [0.1, 0.15) is 37.5 Å². The Balaban J connectivity index is 1.90. The van der Waals surface area contributed by atoms with Crippen LogP contribution in [0.25, 0.3) is 0 Å². The number of ether oxygens (including phenoxy) is 3. The van der Waals surface area contributed by atoms with E-state index in [1.165, 1.54) is 0 Å². The summed E-state index contributed by atoms with van der Waals surface area (Å²) < 4.78 is 17.4. The summed E-state index contributed by atoms with van der Waals surface area (Å²) in [4.78, 5) is 0. The highest BCUT2D eigenvalue weighted by atomic mass is 16.5. The number of benzene rings is 2. The third-order valence-electron chi connectivity index (χ3n) is 4.00. The first-order valence-corrected chi connectivity index (χ1v) is 8.39. The Morgan fingerprint density at radius 2 is 1.84 bits per heavy atom. The summed E-state index contributed by atoms with van der Waals surface area (Å²) in [6, 6.07) is 11.0. The van der Waals surface area contributed by atoms with E-state index >= 15 is 0 Å². The van der Waals surface area contributed by atoms with Crippen molar-refractivity contribution in [3.63, 3.8) is 0 Å². The van der Waals surface area contributed by atoms with Crippen LogP contribution in [0.3, 0.4) is 0 Å². The first kappa shape index (κ1) is 17.0. The van der Waals surface area contributed by atoms with Gasteiger partial charge in [-0.15, -0.1) is 0 Å². The second-order valence-electron chi connectivity index (χ2n) is 5.81. The van der Waals surface area contributed by atoms with Crippen LogP contribution in [0.5, 0.6) is 23.0 Å². The number of allylic oxidation sites excluding steroid dienone is 2. The van der Waals surface area contributed by atoms with Crippen LogP contribution in [-0.2, 0) is 6.42 Å². The number of aryl methyl sites for hydroxylation is 1. The van der Waals surface area contributed by atoms with Gasteiger partial charge in [-0.05, 0) is 50.5 Å². The van der Waals surface area contributed by atoms with Gasteiger partial charge in [-0.1, -0.05) is 18.2 Å². The topological polar surface area (TPSA) is 47.9 Å². The molecule has 0 amide bonds. The molecular formula is C21H22O4. The van der Waals surface area contributed by atoms with Gasteiger partial charge in [0.25, 0.3) is 0 Å². The molecule has 2 aromatic rings. The molecule has 1 atom stereocenters. The lowest BCUT2D eigenvalue weighted by molar-refractivity contribution is 0.172. The molecule has 2 aromatic carbocycles. The molecule has 4 heteroatoms. The van der Waals surface area contributed by atoms with Crippen molar-refractivity contribution in [2.24, 2.45) is 0 Å². The van der Waals surface area contributed by atoms with E-state index in [-0.39, 0.29) is 11.9 Å². The zero-order valence-corrected chi connectivity index (χ0v) is 14.4. The molecule has 0 aliphatic carbocycles. The van der Waals surface area contributed by atoms with Gasteiger partial charge in [0.05, 0.1) is 12.5 Å². The number of fused-ring (bicyclic) bond motifs is 1. The van der Waals surface area contributed by atoms with Gasteiger partial charge < -0.3 is 19.3 Å². The molecule has 0 aromatic heterocycles. The maximum Gasteiger partial charge on any atom is 0.137 e. The van der Waals surface area contributed by atoms with Crippen LogP contribution < -0.4 is 14.2 Å². The third-order valence-corrected chi connectivity index (χ3v) is 4.00. The fourth-order valence-electron chi connectivity index (χ4n) is 2.82. The predicted molar refractivity (Wildman–Crippen MR) is 97.1 cm³/mol. The van der Waals surface area contributed by atoms with Crippen LogP contribution in [0.2, 0.25) is 0 Å². The average Bonchev–Trinajstić information content (AvgIpc) is 2.64. The summed E-state index contributed by atoms with van der Waals surface area (Å²) >= 11 is 0. The Bertz CT molecular complexity index is 792. The number of hydrogen-bond acceptors (Lipinski definition) is 4. The van der Waals surface area contributed by atoms with Crippen molar-refractivity contribution >= 4 is 0 Å². The van der Waals surface area contributed by atoms with Gasteiger partial charge in [-0.25, -0.2) is 0 Å². The standard InChI is InChI=1S/C21H22O4/c1-3-11-23-17-8-9-18(21(14-17)24-12-4-2)19-10-6-15-5-7-16(22)13-20(15)25-19/h3-5,7-9,11-14,19,22H,6,10H2,1-2H3. The van der Waals surface area contributed by atoms with Crippen LogP contribution >= 0.6 is 0 Å². The molecule has 3 rings (SSSR count). The maximum absolute atomic E-state index is 9.70. The highest BCUT2D eigenvalue weighted by Crippen LogP contribution is 2.40. The summed E-state index contributed by atoms with van der Waals surface area (Å²) in [5.41, 5.74) is 2.07. The van der Waals surface area contributed by atoms with E-state index in [0.717, 1.165) is 29.7 Å². The van der Waals surface area contributed by atoms with Gasteiger partial charge in [0.15, 0.2) is 0 Å². The lowest BCUT2D eigenvalue weighted by atomic mass is 9.96. The Morgan fingerprint density at radius 3 is 2.64 bits per heavy atom. The van der Waals surface area contributed by atoms with E-state index < -0.39 is 0 Å². The van der Waals surface area contributed by atoms with Crippen molar-refractivity contribution in [2.75, 3.05) is 0 Å². The highest BCUT2D eigenvalue weighted by molar-refractivity contribution is 5.46. The van der Waals surface area contributed by atoms with Gasteiger partial charge in [-0.2, -0.15) is 0 Å². The zero-order valence-electron chi connectivity index (χ0n) is 14.4. The summed E-state index contributed by atoms with van der Waals surface area (Å²) in [6.07, 6.45) is 8.53. The summed E-state index contributed by atoms with van der Waals surface area (Å²) in [5.74, 6) is 2.34. The second kappa shape index (κ2) is 7.79. The predicted octanol–water partition coefficient (Wildman–Crippen LogP) is 5.28. The molecule has 1 aliphatic rings. The van der Waals surface area contributed by atoms with Crippen molar-refractivity contribution < 1.29 is 19.3 Å². The number of phenols is 1. The quantitative estimate of drug-likeness (QED) is 0.753. The van der Waals surface area contributed by atoms with Gasteiger partial charge in [0, 0.05) is 17.7 Å². The van der Waals surface area contributed by atoms with E-state index in [9.17, 15) is 5.11 Å². The number of rotatable bonds is 5. The summed E-state index contributed by atoms with van der Waals surface area (Å²) in [7, 11) is 0. The van der Waals surface area contributed by atoms with Gasteiger partial charge in [0.1, 0.15) is 29.1 Å². The fourth-order valence-corrected chi connectivity index (χ4v) is 2.82. The van der Waals surface area contributed by atoms with Crippen molar-refractivity contribution in [3.8, 4) is 23.0 Å². The Morgan fingerprint density at radius 1 is 1.04 bits per heavy atom. The minimum absolute atomic E-state index is 0.134. The molecule has 0 saturated heterocycles. The second-order valence-corrected chi connectivity index (χ2v) is 5.81. The minimum atomic E-state index is -0.134. The van der Waals surface area contributed by atoms with Gasteiger partial charge >= 0.3 is 0 Å². The molecule has 1 N–H and O–H groups in total. The molecule has 130 valence electrons. The molecular weight excluding hydrogens is 316 g/mol. The van der Waals surface area contributed by atoms with Crippen molar-refractivity contribution in [3.05, 3.63) is 72.2 Å². The molecule has 1 aliphatic heterocycles.